The van der Waals surface area contributed by atoms with Crippen molar-refractivity contribution in [1.82, 2.24) is 0 Å². The molecule has 1 rings (SSSR count). The van der Waals surface area contributed by atoms with Gasteiger partial charge < -0.3 is 0 Å². The van der Waals surface area contributed by atoms with Gasteiger partial charge in [0.15, 0.2) is 0 Å². The molecule has 0 aromatic carbocycles. The van der Waals surface area contributed by atoms with Crippen LogP contribution in [0.25, 0.3) is 0 Å². The maximum absolute atomic E-state index is 4.04. The van der Waals surface area contributed by atoms with E-state index in [0.717, 1.165) is 11.8 Å². The van der Waals surface area contributed by atoms with Gasteiger partial charge >= 0.3 is 0 Å². The molecule has 4 atom stereocenters. The summed E-state index contributed by atoms with van der Waals surface area (Å²) in [6.07, 6.45) is 2.74. The Morgan fingerprint density at radius 1 is 1.54 bits per heavy atom. The summed E-state index contributed by atoms with van der Waals surface area (Å²) in [4.78, 5) is 0. The fraction of sp³-hybridized carbons (Fsp3) is 0.846. The van der Waals surface area contributed by atoms with Crippen LogP contribution < -0.4 is 0 Å². The molecule has 0 bridgehead atoms. The van der Waals surface area contributed by atoms with Gasteiger partial charge in [0, 0.05) is 0 Å². The Bertz CT molecular complexity index is 204. The van der Waals surface area contributed by atoms with E-state index in [1.807, 2.05) is 0 Å². The minimum Gasteiger partial charge on any atom is -0.0999 e. The fourth-order valence-corrected chi connectivity index (χ4v) is 2.77. The maximum atomic E-state index is 4.04. The highest BCUT2D eigenvalue weighted by atomic mass is 14.5. The third kappa shape index (κ3) is 1.98. The van der Waals surface area contributed by atoms with Crippen molar-refractivity contribution in [2.24, 2.45) is 23.2 Å². The van der Waals surface area contributed by atoms with Gasteiger partial charge in [0.25, 0.3) is 0 Å². The monoisotopic (exact) mass is 180 g/mol. The molecule has 0 aromatic heterocycles. The standard InChI is InChI=1S/C13H24/c1-9(2)10(3)7-13(6)8-11(4)12(13)5/h10-12H,1,7-8H2,2-6H3. The topological polar surface area (TPSA) is 0 Å². The molecule has 0 amide bonds. The van der Waals surface area contributed by atoms with E-state index in [1.54, 1.807) is 0 Å². The lowest BCUT2D eigenvalue weighted by molar-refractivity contribution is -0.0196. The number of hydrogen-bond donors (Lipinski definition) is 0. The Balaban J connectivity index is 2.50. The largest absolute Gasteiger partial charge is 0.0999 e. The van der Waals surface area contributed by atoms with Crippen LogP contribution in [0.1, 0.15) is 47.5 Å². The van der Waals surface area contributed by atoms with Crippen LogP contribution in [0, 0.1) is 23.2 Å². The molecule has 0 N–H and O–H groups in total. The molecule has 0 radical (unpaired) electrons. The Morgan fingerprint density at radius 2 is 2.08 bits per heavy atom. The van der Waals surface area contributed by atoms with Gasteiger partial charge in [0.1, 0.15) is 0 Å². The Hall–Kier alpha value is -0.260. The third-order valence-corrected chi connectivity index (χ3v) is 4.35. The first-order valence-corrected chi connectivity index (χ1v) is 5.52. The van der Waals surface area contributed by atoms with Gasteiger partial charge in [0.2, 0.25) is 0 Å². The molecule has 0 heteroatoms. The molecule has 13 heavy (non-hydrogen) atoms. The Morgan fingerprint density at radius 3 is 2.38 bits per heavy atom. The van der Waals surface area contributed by atoms with E-state index in [9.17, 15) is 0 Å². The maximum Gasteiger partial charge on any atom is -0.0232 e. The molecule has 0 aromatic rings. The van der Waals surface area contributed by atoms with Crippen LogP contribution in [0.5, 0.6) is 0 Å². The Kier molecular flexibility index (Phi) is 2.89. The van der Waals surface area contributed by atoms with Crippen molar-refractivity contribution in [3.63, 3.8) is 0 Å². The van der Waals surface area contributed by atoms with Crippen molar-refractivity contribution < 1.29 is 0 Å². The Labute approximate surface area is 83.4 Å². The van der Waals surface area contributed by atoms with Crippen LogP contribution in [-0.2, 0) is 0 Å². The lowest BCUT2D eigenvalue weighted by Crippen LogP contribution is -2.43. The lowest BCUT2D eigenvalue weighted by Gasteiger charge is -2.52. The van der Waals surface area contributed by atoms with E-state index in [0.29, 0.717) is 11.3 Å². The predicted octanol–water partition coefficient (Wildman–Crippen LogP) is 4.27. The first kappa shape index (κ1) is 10.8. The van der Waals surface area contributed by atoms with E-state index in [4.69, 9.17) is 0 Å². The van der Waals surface area contributed by atoms with E-state index in [-0.39, 0.29) is 0 Å². The van der Waals surface area contributed by atoms with Gasteiger partial charge in [-0.05, 0) is 42.9 Å². The molecule has 0 spiro atoms. The van der Waals surface area contributed by atoms with Gasteiger partial charge in [0.05, 0.1) is 0 Å². The van der Waals surface area contributed by atoms with Crippen LogP contribution in [0.3, 0.4) is 0 Å². The highest BCUT2D eigenvalue weighted by molar-refractivity contribution is 5.01. The normalized spacial score (nSPS) is 41.0. The minimum absolute atomic E-state index is 0.595. The van der Waals surface area contributed by atoms with Crippen molar-refractivity contribution in [2.45, 2.75) is 47.5 Å². The lowest BCUT2D eigenvalue weighted by atomic mass is 9.53. The molecule has 76 valence electrons. The molecular formula is C13H24. The predicted molar refractivity (Wildman–Crippen MR) is 59.6 cm³/mol. The van der Waals surface area contributed by atoms with E-state index >= 15 is 0 Å². The molecular weight excluding hydrogens is 156 g/mol. The zero-order valence-electron chi connectivity index (χ0n) is 9.85. The average Bonchev–Trinajstić information content (AvgIpc) is 2.03. The number of allylic oxidation sites excluding steroid dienone is 1. The number of hydrogen-bond acceptors (Lipinski definition) is 0. The summed E-state index contributed by atoms with van der Waals surface area (Å²) in [5.74, 6) is 2.52. The SMILES string of the molecule is C=C(C)C(C)CC1(C)CC(C)C1C. The van der Waals surface area contributed by atoms with Crippen LogP contribution in [0.15, 0.2) is 12.2 Å². The summed E-state index contributed by atoms with van der Waals surface area (Å²) in [5.41, 5.74) is 1.94. The molecule has 0 saturated heterocycles. The molecule has 4 unspecified atom stereocenters. The van der Waals surface area contributed by atoms with Crippen molar-refractivity contribution in [2.75, 3.05) is 0 Å². The molecule has 1 fully saturated rings. The minimum atomic E-state index is 0.595. The second-order valence-corrected chi connectivity index (χ2v) is 5.58. The summed E-state index contributed by atoms with van der Waals surface area (Å²) in [6, 6.07) is 0. The summed E-state index contributed by atoms with van der Waals surface area (Å²) >= 11 is 0. The van der Waals surface area contributed by atoms with E-state index in [1.165, 1.54) is 18.4 Å². The van der Waals surface area contributed by atoms with Gasteiger partial charge in [-0.3, -0.25) is 0 Å². The van der Waals surface area contributed by atoms with Crippen LogP contribution in [0.4, 0.5) is 0 Å². The van der Waals surface area contributed by atoms with Gasteiger partial charge in [-0.2, -0.15) is 0 Å². The molecule has 0 heterocycles. The summed E-state index contributed by atoms with van der Waals surface area (Å²) in [5, 5.41) is 0. The second kappa shape index (κ2) is 3.48. The zero-order chi connectivity index (χ0) is 10.2. The van der Waals surface area contributed by atoms with Crippen molar-refractivity contribution in [3.05, 3.63) is 12.2 Å². The van der Waals surface area contributed by atoms with Crippen LogP contribution in [0.2, 0.25) is 0 Å². The second-order valence-electron chi connectivity index (χ2n) is 5.58. The summed E-state index contributed by atoms with van der Waals surface area (Å²) in [7, 11) is 0. The molecule has 1 aliphatic rings. The zero-order valence-corrected chi connectivity index (χ0v) is 9.85. The van der Waals surface area contributed by atoms with Gasteiger partial charge in [-0.25, -0.2) is 0 Å². The molecule has 1 saturated carbocycles. The quantitative estimate of drug-likeness (QED) is 0.569. The highest BCUT2D eigenvalue weighted by Crippen LogP contribution is 2.54. The van der Waals surface area contributed by atoms with E-state index < -0.39 is 0 Å². The third-order valence-electron chi connectivity index (χ3n) is 4.35. The highest BCUT2D eigenvalue weighted by Gasteiger charge is 2.45. The fourth-order valence-electron chi connectivity index (χ4n) is 2.77. The summed E-state index contributed by atoms with van der Waals surface area (Å²) < 4.78 is 0. The molecule has 1 aliphatic carbocycles. The van der Waals surface area contributed by atoms with Crippen molar-refractivity contribution in [1.29, 1.82) is 0 Å². The first-order valence-electron chi connectivity index (χ1n) is 5.52. The first-order chi connectivity index (χ1) is 5.87. The number of rotatable bonds is 3. The molecule has 0 aliphatic heterocycles. The average molecular weight is 180 g/mol. The van der Waals surface area contributed by atoms with Crippen LogP contribution >= 0.6 is 0 Å². The van der Waals surface area contributed by atoms with Crippen molar-refractivity contribution >= 4 is 0 Å². The van der Waals surface area contributed by atoms with Crippen molar-refractivity contribution in [3.8, 4) is 0 Å². The van der Waals surface area contributed by atoms with Gasteiger partial charge in [-0.15, -0.1) is 0 Å². The van der Waals surface area contributed by atoms with Crippen LogP contribution in [-0.4, -0.2) is 0 Å². The van der Waals surface area contributed by atoms with Gasteiger partial charge in [-0.1, -0.05) is 39.8 Å². The summed E-state index contributed by atoms with van der Waals surface area (Å²) in [6.45, 7) is 15.7. The smallest absolute Gasteiger partial charge is 0.0232 e. The van der Waals surface area contributed by atoms with E-state index in [2.05, 4.69) is 41.2 Å². The molecule has 0 nitrogen and oxygen atoms in total.